The van der Waals surface area contributed by atoms with Crippen molar-refractivity contribution in [2.24, 2.45) is 0 Å². The van der Waals surface area contributed by atoms with Gasteiger partial charge in [0.25, 0.3) is 17.4 Å². The molecule has 2 fully saturated rings. The number of likely N-dealkylation sites (tertiary alicyclic amines) is 1. The zero-order chi connectivity index (χ0) is 17.6. The number of urea groups is 1. The summed E-state index contributed by atoms with van der Waals surface area (Å²) in [5, 5.41) is 12.1. The second kappa shape index (κ2) is 5.40. The second-order valence-corrected chi connectivity index (χ2v) is 6.23. The number of rotatable bonds is 1. The summed E-state index contributed by atoms with van der Waals surface area (Å²) in [7, 11) is 0. The third-order valence-corrected chi connectivity index (χ3v) is 4.82. The number of benzene rings is 1. The van der Waals surface area contributed by atoms with Gasteiger partial charge in [0.2, 0.25) is 0 Å². The van der Waals surface area contributed by atoms with Gasteiger partial charge < -0.3 is 10.2 Å². The van der Waals surface area contributed by atoms with Crippen LogP contribution in [-0.2, 0) is 4.79 Å². The van der Waals surface area contributed by atoms with E-state index in [1.54, 1.807) is 29.2 Å². The first kappa shape index (κ1) is 15.3. The van der Waals surface area contributed by atoms with Crippen LogP contribution in [-0.4, -0.2) is 51.6 Å². The topological polar surface area (TPSA) is 124 Å². The molecule has 128 valence electrons. The van der Waals surface area contributed by atoms with Crippen molar-refractivity contribution in [3.05, 3.63) is 40.3 Å². The number of nitrogens with one attached hydrogen (secondary N) is 3. The van der Waals surface area contributed by atoms with Gasteiger partial charge >= 0.3 is 6.03 Å². The third kappa shape index (κ3) is 2.35. The molecule has 0 unspecified atom stereocenters. The van der Waals surface area contributed by atoms with Crippen molar-refractivity contribution < 1.29 is 14.4 Å². The van der Waals surface area contributed by atoms with Crippen molar-refractivity contribution in [2.75, 3.05) is 13.1 Å². The summed E-state index contributed by atoms with van der Waals surface area (Å²) in [5.74, 6) is -0.663. The van der Waals surface area contributed by atoms with Gasteiger partial charge in [-0.05, 0) is 18.9 Å². The van der Waals surface area contributed by atoms with Crippen LogP contribution < -0.4 is 16.2 Å². The third-order valence-electron chi connectivity index (χ3n) is 4.82. The molecule has 1 aromatic heterocycles. The van der Waals surface area contributed by atoms with Crippen LogP contribution in [0.25, 0.3) is 10.8 Å². The molecule has 0 radical (unpaired) electrons. The number of fused-ring (bicyclic) bond motifs is 1. The number of carbonyl (C=O) groups is 3. The molecule has 2 saturated heterocycles. The normalized spacial score (nSPS) is 19.1. The number of hydrogen-bond acceptors (Lipinski definition) is 5. The maximum absolute atomic E-state index is 12.8. The van der Waals surface area contributed by atoms with E-state index in [2.05, 4.69) is 20.8 Å². The molecule has 2 aliphatic heterocycles. The Morgan fingerprint density at radius 3 is 2.40 bits per heavy atom. The molecule has 3 N–H and O–H groups in total. The fourth-order valence-corrected chi connectivity index (χ4v) is 3.40. The SMILES string of the molecule is O=C1NC(=O)C2(CCN(C(=O)c3n[nH]c(=O)c4ccccc34)CC2)N1. The maximum Gasteiger partial charge on any atom is 0.322 e. The Kier molecular flexibility index (Phi) is 3.31. The molecule has 4 rings (SSSR count). The van der Waals surface area contributed by atoms with E-state index >= 15 is 0 Å². The van der Waals surface area contributed by atoms with Crippen molar-refractivity contribution >= 4 is 28.6 Å². The first-order valence-electron chi connectivity index (χ1n) is 7.90. The number of hydrogen-bond donors (Lipinski definition) is 3. The smallest absolute Gasteiger partial charge is 0.322 e. The van der Waals surface area contributed by atoms with Crippen LogP contribution >= 0.6 is 0 Å². The van der Waals surface area contributed by atoms with Crippen LogP contribution in [0, 0.1) is 0 Å². The van der Waals surface area contributed by atoms with Crippen LogP contribution in [0.3, 0.4) is 0 Å². The molecule has 0 saturated carbocycles. The summed E-state index contributed by atoms with van der Waals surface area (Å²) in [4.78, 5) is 49.6. The molecule has 1 spiro atoms. The quantitative estimate of drug-likeness (QED) is 0.616. The lowest BCUT2D eigenvalue weighted by molar-refractivity contribution is -0.125. The highest BCUT2D eigenvalue weighted by molar-refractivity contribution is 6.08. The number of imide groups is 1. The summed E-state index contributed by atoms with van der Waals surface area (Å²) in [6.45, 7) is 0.614. The van der Waals surface area contributed by atoms with Gasteiger partial charge in [0.15, 0.2) is 5.69 Å². The summed E-state index contributed by atoms with van der Waals surface area (Å²) in [5.41, 5.74) is -1.12. The van der Waals surface area contributed by atoms with E-state index in [4.69, 9.17) is 0 Å². The van der Waals surface area contributed by atoms with Gasteiger partial charge in [-0.2, -0.15) is 5.10 Å². The van der Waals surface area contributed by atoms with Crippen LogP contribution in [0.5, 0.6) is 0 Å². The van der Waals surface area contributed by atoms with E-state index in [9.17, 15) is 19.2 Å². The highest BCUT2D eigenvalue weighted by Crippen LogP contribution is 2.26. The summed E-state index contributed by atoms with van der Waals surface area (Å²) in [6.07, 6.45) is 0.662. The Hall–Kier alpha value is -3.23. The molecule has 25 heavy (non-hydrogen) atoms. The predicted molar refractivity (Wildman–Crippen MR) is 86.9 cm³/mol. The number of nitrogens with zero attached hydrogens (tertiary/aromatic N) is 2. The van der Waals surface area contributed by atoms with E-state index in [-0.39, 0.29) is 23.1 Å². The van der Waals surface area contributed by atoms with Crippen LogP contribution in [0.15, 0.2) is 29.1 Å². The molecular formula is C16H15N5O4. The van der Waals surface area contributed by atoms with Gasteiger partial charge in [0.1, 0.15) is 5.54 Å². The number of H-pyrrole nitrogens is 1. The lowest BCUT2D eigenvalue weighted by atomic mass is 9.87. The number of aromatic nitrogens is 2. The molecule has 3 heterocycles. The maximum atomic E-state index is 12.8. The minimum atomic E-state index is -0.936. The van der Waals surface area contributed by atoms with Crippen LogP contribution in [0.4, 0.5) is 4.79 Å². The monoisotopic (exact) mass is 341 g/mol. The first-order valence-corrected chi connectivity index (χ1v) is 7.90. The number of amides is 4. The minimum Gasteiger partial charge on any atom is -0.337 e. The van der Waals surface area contributed by atoms with Crippen molar-refractivity contribution in [3.8, 4) is 0 Å². The Balaban J connectivity index is 1.60. The van der Waals surface area contributed by atoms with Crippen LogP contribution in [0.2, 0.25) is 0 Å². The Morgan fingerprint density at radius 2 is 1.76 bits per heavy atom. The summed E-state index contributed by atoms with van der Waals surface area (Å²) >= 11 is 0. The Morgan fingerprint density at radius 1 is 1.08 bits per heavy atom. The van der Waals surface area contributed by atoms with E-state index in [0.717, 1.165) is 0 Å². The molecule has 4 amide bonds. The highest BCUT2D eigenvalue weighted by Gasteiger charge is 2.48. The Bertz CT molecular complexity index is 958. The summed E-state index contributed by atoms with van der Waals surface area (Å²) in [6, 6.07) is 6.27. The van der Waals surface area contributed by atoms with Gasteiger partial charge in [-0.25, -0.2) is 9.89 Å². The average molecular weight is 341 g/mol. The zero-order valence-electron chi connectivity index (χ0n) is 13.2. The van der Waals surface area contributed by atoms with E-state index in [1.165, 1.54) is 0 Å². The molecule has 9 nitrogen and oxygen atoms in total. The van der Waals surface area contributed by atoms with Gasteiger partial charge in [-0.1, -0.05) is 18.2 Å². The largest absolute Gasteiger partial charge is 0.337 e. The molecule has 1 aromatic carbocycles. The number of piperidine rings is 1. The average Bonchev–Trinajstić information content (AvgIpc) is 2.89. The molecular weight excluding hydrogens is 326 g/mol. The number of carbonyl (C=O) groups excluding carboxylic acids is 3. The highest BCUT2D eigenvalue weighted by atomic mass is 16.2. The molecule has 0 aliphatic carbocycles. The van der Waals surface area contributed by atoms with Gasteiger partial charge in [0.05, 0.1) is 5.39 Å². The zero-order valence-corrected chi connectivity index (χ0v) is 13.2. The van der Waals surface area contributed by atoms with Crippen molar-refractivity contribution in [3.63, 3.8) is 0 Å². The fourth-order valence-electron chi connectivity index (χ4n) is 3.40. The number of aromatic amines is 1. The van der Waals surface area contributed by atoms with Crippen molar-refractivity contribution in [1.29, 1.82) is 0 Å². The lowest BCUT2D eigenvalue weighted by Crippen LogP contribution is -2.55. The van der Waals surface area contributed by atoms with Crippen molar-refractivity contribution in [2.45, 2.75) is 18.4 Å². The standard InChI is InChI=1S/C16H15N5O4/c22-12-10-4-2-1-3-9(10)11(19-20-12)13(23)21-7-5-16(6-8-21)14(24)17-15(25)18-16/h1-4H,5-8H2,(H,20,22)(H2,17,18,24,25). The van der Waals surface area contributed by atoms with Gasteiger partial charge in [-0.15, -0.1) is 0 Å². The molecule has 2 aliphatic rings. The Labute approximate surface area is 141 Å². The van der Waals surface area contributed by atoms with Crippen molar-refractivity contribution in [1.82, 2.24) is 25.7 Å². The van der Waals surface area contributed by atoms with E-state index in [0.29, 0.717) is 36.7 Å². The molecule has 0 atom stereocenters. The van der Waals surface area contributed by atoms with E-state index < -0.39 is 11.6 Å². The molecule has 2 aromatic rings. The summed E-state index contributed by atoms with van der Waals surface area (Å²) < 4.78 is 0. The lowest BCUT2D eigenvalue weighted by Gasteiger charge is -2.36. The minimum absolute atomic E-state index is 0.172. The molecule has 0 bridgehead atoms. The van der Waals surface area contributed by atoms with Gasteiger partial charge in [0, 0.05) is 18.5 Å². The fraction of sp³-hybridized carbons (Fsp3) is 0.312. The first-order chi connectivity index (χ1) is 12.0. The second-order valence-electron chi connectivity index (χ2n) is 6.23. The van der Waals surface area contributed by atoms with Gasteiger partial charge in [-0.3, -0.25) is 19.7 Å². The van der Waals surface area contributed by atoms with E-state index in [1.807, 2.05) is 0 Å². The molecule has 9 heteroatoms. The van der Waals surface area contributed by atoms with Crippen LogP contribution in [0.1, 0.15) is 23.3 Å². The predicted octanol–water partition coefficient (Wildman–Crippen LogP) is -0.263.